The lowest BCUT2D eigenvalue weighted by Crippen LogP contribution is -2.42. The number of aryl methyl sites for hydroxylation is 1. The maximum absolute atomic E-state index is 12.3. The molecule has 0 aliphatic heterocycles. The lowest BCUT2D eigenvalue weighted by molar-refractivity contribution is 0.243. The Labute approximate surface area is 172 Å². The van der Waals surface area contributed by atoms with E-state index in [-0.39, 0.29) is 12.1 Å². The van der Waals surface area contributed by atoms with Crippen molar-refractivity contribution < 1.29 is 9.53 Å². The highest BCUT2D eigenvalue weighted by Gasteiger charge is 2.23. The van der Waals surface area contributed by atoms with Crippen LogP contribution in [0.1, 0.15) is 31.2 Å². The van der Waals surface area contributed by atoms with E-state index in [4.69, 9.17) is 4.74 Å². The zero-order chi connectivity index (χ0) is 20.8. The van der Waals surface area contributed by atoms with Gasteiger partial charge in [0.15, 0.2) is 0 Å². The fourth-order valence-corrected chi connectivity index (χ4v) is 3.61. The molecule has 0 atom stereocenters. The summed E-state index contributed by atoms with van der Waals surface area (Å²) in [5.74, 6) is 2.22. The van der Waals surface area contributed by atoms with Crippen molar-refractivity contribution in [1.29, 1.82) is 0 Å². The molecule has 0 radical (unpaired) electrons. The van der Waals surface area contributed by atoms with E-state index < -0.39 is 0 Å². The van der Waals surface area contributed by atoms with Crippen molar-refractivity contribution >= 4 is 23.5 Å². The Bertz CT molecular complexity index is 834. The molecule has 1 aliphatic rings. The number of hydrogen-bond acceptors (Lipinski definition) is 6. The molecule has 29 heavy (non-hydrogen) atoms. The van der Waals surface area contributed by atoms with Crippen LogP contribution in [0.4, 0.5) is 22.2 Å². The Balaban J connectivity index is 1.48. The van der Waals surface area contributed by atoms with Crippen LogP contribution < -0.4 is 25.6 Å². The maximum atomic E-state index is 12.3. The van der Waals surface area contributed by atoms with Gasteiger partial charge in [-0.25, -0.2) is 9.78 Å². The van der Waals surface area contributed by atoms with Gasteiger partial charge < -0.3 is 25.6 Å². The van der Waals surface area contributed by atoms with E-state index in [9.17, 15) is 4.79 Å². The number of ether oxygens (including phenoxy) is 1. The normalized spacial score (nSPS) is 18.6. The van der Waals surface area contributed by atoms with Crippen molar-refractivity contribution in [3.63, 3.8) is 0 Å². The predicted molar refractivity (Wildman–Crippen MR) is 116 cm³/mol. The van der Waals surface area contributed by atoms with E-state index in [0.717, 1.165) is 37.1 Å². The maximum Gasteiger partial charge on any atom is 0.319 e. The molecule has 1 aliphatic carbocycles. The summed E-state index contributed by atoms with van der Waals surface area (Å²) < 4.78 is 5.27. The minimum atomic E-state index is -0.205. The molecule has 3 N–H and O–H groups in total. The molecule has 2 aromatic rings. The zero-order valence-electron chi connectivity index (χ0n) is 17.5. The summed E-state index contributed by atoms with van der Waals surface area (Å²) in [4.78, 5) is 23.3. The van der Waals surface area contributed by atoms with Gasteiger partial charge in [0.25, 0.3) is 0 Å². The average Bonchev–Trinajstić information content (AvgIpc) is 2.71. The molecule has 2 amide bonds. The number of para-hydroxylation sites is 2. The molecular weight excluding hydrogens is 368 g/mol. The average molecular weight is 399 g/mol. The zero-order valence-corrected chi connectivity index (χ0v) is 17.5. The lowest BCUT2D eigenvalue weighted by Gasteiger charge is -2.30. The van der Waals surface area contributed by atoms with Crippen molar-refractivity contribution in [2.24, 2.45) is 0 Å². The number of methoxy groups -OCH3 is 1. The molecule has 3 rings (SSSR count). The first-order chi connectivity index (χ1) is 14.0. The predicted octanol–water partition coefficient (Wildman–Crippen LogP) is 3.40. The molecule has 0 saturated heterocycles. The number of carbonyl (C=O) groups is 1. The Morgan fingerprint density at radius 2 is 1.83 bits per heavy atom. The van der Waals surface area contributed by atoms with Crippen LogP contribution in [-0.2, 0) is 0 Å². The third kappa shape index (κ3) is 5.49. The molecular formula is C21H30N6O2. The summed E-state index contributed by atoms with van der Waals surface area (Å²) in [5.41, 5.74) is 1.71. The summed E-state index contributed by atoms with van der Waals surface area (Å²) in [6.07, 6.45) is 5.56. The van der Waals surface area contributed by atoms with E-state index >= 15 is 0 Å². The Kier molecular flexibility index (Phi) is 6.74. The van der Waals surface area contributed by atoms with Crippen molar-refractivity contribution in [3.8, 4) is 5.75 Å². The number of anilines is 3. The first-order valence-electron chi connectivity index (χ1n) is 9.94. The molecule has 1 fully saturated rings. The van der Waals surface area contributed by atoms with E-state index in [1.165, 1.54) is 0 Å². The van der Waals surface area contributed by atoms with Crippen molar-refractivity contribution in [2.45, 2.75) is 44.7 Å². The van der Waals surface area contributed by atoms with Gasteiger partial charge in [-0.2, -0.15) is 4.98 Å². The topological polar surface area (TPSA) is 91.4 Å². The standard InChI is InChI=1S/C21H30N6O2/c1-14-13-22-20(26-19(14)27(2)3)23-15-9-11-16(12-10-15)24-21(28)25-17-7-5-6-8-18(17)29-4/h5-8,13,15-16H,9-12H2,1-4H3,(H,22,23,26)(H2,24,25,28)/t15-,16+. The van der Waals surface area contributed by atoms with Crippen molar-refractivity contribution in [1.82, 2.24) is 15.3 Å². The minimum Gasteiger partial charge on any atom is -0.495 e. The second-order valence-corrected chi connectivity index (χ2v) is 7.59. The summed E-state index contributed by atoms with van der Waals surface area (Å²) in [5, 5.41) is 9.37. The SMILES string of the molecule is COc1ccccc1NC(=O)N[C@H]1CC[C@@H](Nc2ncc(C)c(N(C)C)n2)CC1. The van der Waals surface area contributed by atoms with E-state index in [0.29, 0.717) is 23.4 Å². The third-order valence-corrected chi connectivity index (χ3v) is 5.12. The molecule has 1 aromatic heterocycles. The molecule has 0 unspecified atom stereocenters. The van der Waals surface area contributed by atoms with Gasteiger partial charge in [-0.1, -0.05) is 12.1 Å². The van der Waals surface area contributed by atoms with Crippen LogP contribution in [0.15, 0.2) is 30.5 Å². The first-order valence-corrected chi connectivity index (χ1v) is 9.94. The minimum absolute atomic E-state index is 0.152. The fourth-order valence-electron chi connectivity index (χ4n) is 3.61. The Morgan fingerprint density at radius 1 is 1.14 bits per heavy atom. The number of carbonyl (C=O) groups excluding carboxylic acids is 1. The van der Waals surface area contributed by atoms with Crippen LogP contribution in [0.5, 0.6) is 5.75 Å². The number of nitrogens with zero attached hydrogens (tertiary/aromatic N) is 3. The van der Waals surface area contributed by atoms with Crippen LogP contribution in [0.2, 0.25) is 0 Å². The van der Waals surface area contributed by atoms with Gasteiger partial charge in [0.1, 0.15) is 11.6 Å². The summed E-state index contributed by atoms with van der Waals surface area (Å²) >= 11 is 0. The van der Waals surface area contributed by atoms with Crippen LogP contribution in [0.3, 0.4) is 0 Å². The highest BCUT2D eigenvalue weighted by molar-refractivity contribution is 5.91. The first kappa shape index (κ1) is 20.7. The van der Waals surface area contributed by atoms with Gasteiger partial charge in [-0.05, 0) is 44.7 Å². The Morgan fingerprint density at radius 3 is 2.52 bits per heavy atom. The van der Waals surface area contributed by atoms with E-state index in [1.54, 1.807) is 7.11 Å². The number of benzene rings is 1. The quantitative estimate of drug-likeness (QED) is 0.691. The Hall–Kier alpha value is -3.03. The van der Waals surface area contributed by atoms with E-state index in [2.05, 4.69) is 25.9 Å². The van der Waals surface area contributed by atoms with Gasteiger partial charge in [0.05, 0.1) is 12.8 Å². The summed E-state index contributed by atoms with van der Waals surface area (Å²) in [6, 6.07) is 7.63. The molecule has 156 valence electrons. The number of urea groups is 1. The highest BCUT2D eigenvalue weighted by atomic mass is 16.5. The van der Waals surface area contributed by atoms with Crippen LogP contribution in [0.25, 0.3) is 0 Å². The van der Waals surface area contributed by atoms with Gasteiger partial charge in [0.2, 0.25) is 5.95 Å². The number of nitrogens with one attached hydrogen (secondary N) is 3. The van der Waals surface area contributed by atoms with Crippen LogP contribution in [0, 0.1) is 6.92 Å². The molecule has 1 heterocycles. The van der Waals surface area contributed by atoms with Gasteiger partial charge in [-0.15, -0.1) is 0 Å². The van der Waals surface area contributed by atoms with Gasteiger partial charge >= 0.3 is 6.03 Å². The number of rotatable bonds is 6. The second kappa shape index (κ2) is 9.45. The van der Waals surface area contributed by atoms with Crippen LogP contribution in [-0.4, -0.2) is 49.3 Å². The molecule has 8 heteroatoms. The molecule has 1 saturated carbocycles. The smallest absolute Gasteiger partial charge is 0.319 e. The number of aromatic nitrogens is 2. The van der Waals surface area contributed by atoms with Crippen molar-refractivity contribution in [2.75, 3.05) is 36.7 Å². The largest absolute Gasteiger partial charge is 0.495 e. The monoisotopic (exact) mass is 398 g/mol. The number of hydrogen-bond donors (Lipinski definition) is 3. The molecule has 0 bridgehead atoms. The fraction of sp³-hybridized carbons (Fsp3) is 0.476. The lowest BCUT2D eigenvalue weighted by atomic mass is 9.91. The van der Waals surface area contributed by atoms with E-state index in [1.807, 2.05) is 56.4 Å². The highest BCUT2D eigenvalue weighted by Crippen LogP contribution is 2.25. The van der Waals surface area contributed by atoms with Crippen molar-refractivity contribution in [3.05, 3.63) is 36.0 Å². The summed E-state index contributed by atoms with van der Waals surface area (Å²) in [7, 11) is 5.55. The molecule has 1 aromatic carbocycles. The number of amides is 2. The van der Waals surface area contributed by atoms with Gasteiger partial charge in [0, 0.05) is 37.9 Å². The second-order valence-electron chi connectivity index (χ2n) is 7.59. The van der Waals surface area contributed by atoms with Gasteiger partial charge in [-0.3, -0.25) is 0 Å². The molecule has 8 nitrogen and oxygen atoms in total. The summed E-state index contributed by atoms with van der Waals surface area (Å²) in [6.45, 7) is 2.01. The van der Waals surface area contributed by atoms with Crippen LogP contribution >= 0.6 is 0 Å². The molecule has 0 spiro atoms. The third-order valence-electron chi connectivity index (χ3n) is 5.12.